The maximum atomic E-state index is 5.72. The standard InChI is InChI=1S/C19H23N3O3S/c1-3-20-19(26)22-21-14-15-7-6-8-16(13-15)24-11-12-25-18-10-5-4-9-17(18)23-2/h4-10,13-14H,3,11-12H2,1-2H3,(H2,20,22,26). The molecule has 2 aromatic carbocycles. The fraction of sp³-hybridized carbons (Fsp3) is 0.263. The summed E-state index contributed by atoms with van der Waals surface area (Å²) in [5.41, 5.74) is 3.65. The first kappa shape index (κ1) is 19.5. The fourth-order valence-electron chi connectivity index (χ4n) is 2.10. The molecule has 0 fully saturated rings. The predicted molar refractivity (Wildman–Crippen MR) is 107 cm³/mol. The van der Waals surface area contributed by atoms with Crippen LogP contribution < -0.4 is 25.0 Å². The molecule has 0 spiro atoms. The van der Waals surface area contributed by atoms with Gasteiger partial charge in [-0.1, -0.05) is 24.3 Å². The van der Waals surface area contributed by atoms with Crippen LogP contribution in [0.25, 0.3) is 0 Å². The Morgan fingerprint density at radius 2 is 1.85 bits per heavy atom. The van der Waals surface area contributed by atoms with Crippen molar-refractivity contribution >= 4 is 23.5 Å². The molecule has 0 bridgehead atoms. The topological polar surface area (TPSA) is 64.1 Å². The number of hydrazone groups is 1. The molecule has 2 rings (SSSR count). The van der Waals surface area contributed by atoms with Crippen LogP contribution >= 0.6 is 12.2 Å². The summed E-state index contributed by atoms with van der Waals surface area (Å²) in [4.78, 5) is 0. The number of nitrogens with zero attached hydrogens (tertiary/aromatic N) is 1. The molecule has 0 radical (unpaired) electrons. The van der Waals surface area contributed by atoms with E-state index in [1.807, 2.05) is 55.5 Å². The van der Waals surface area contributed by atoms with E-state index in [9.17, 15) is 0 Å². The normalized spacial score (nSPS) is 10.4. The van der Waals surface area contributed by atoms with E-state index in [0.717, 1.165) is 17.9 Å². The summed E-state index contributed by atoms with van der Waals surface area (Å²) in [7, 11) is 1.62. The van der Waals surface area contributed by atoms with Crippen LogP contribution in [0.4, 0.5) is 0 Å². The van der Waals surface area contributed by atoms with Crippen molar-refractivity contribution in [3.63, 3.8) is 0 Å². The second kappa shape index (κ2) is 10.9. The quantitative estimate of drug-likeness (QED) is 0.305. The molecule has 26 heavy (non-hydrogen) atoms. The first-order chi connectivity index (χ1) is 12.7. The third-order valence-corrected chi connectivity index (χ3v) is 3.49. The van der Waals surface area contributed by atoms with Crippen LogP contribution in [-0.4, -0.2) is 38.2 Å². The molecule has 0 unspecified atom stereocenters. The number of nitrogens with one attached hydrogen (secondary N) is 2. The SMILES string of the molecule is CCNC(=S)NN=Cc1cccc(OCCOc2ccccc2OC)c1. The molecule has 0 saturated carbocycles. The van der Waals surface area contributed by atoms with E-state index in [2.05, 4.69) is 15.8 Å². The van der Waals surface area contributed by atoms with Gasteiger partial charge in [-0.2, -0.15) is 5.10 Å². The number of hydrogen-bond acceptors (Lipinski definition) is 5. The Balaban J connectivity index is 1.79. The predicted octanol–water partition coefficient (Wildman–Crippen LogP) is 2.97. The molecule has 0 aromatic heterocycles. The van der Waals surface area contributed by atoms with Crippen molar-refractivity contribution in [1.29, 1.82) is 0 Å². The van der Waals surface area contributed by atoms with Crippen molar-refractivity contribution < 1.29 is 14.2 Å². The molecule has 0 amide bonds. The van der Waals surface area contributed by atoms with E-state index < -0.39 is 0 Å². The number of ether oxygens (including phenoxy) is 3. The Bertz CT molecular complexity index is 737. The van der Waals surface area contributed by atoms with Crippen molar-refractivity contribution in [1.82, 2.24) is 10.7 Å². The van der Waals surface area contributed by atoms with Gasteiger partial charge in [-0.05, 0) is 49.0 Å². The van der Waals surface area contributed by atoms with Gasteiger partial charge in [0.15, 0.2) is 16.6 Å². The smallest absolute Gasteiger partial charge is 0.186 e. The minimum atomic E-state index is 0.414. The van der Waals surface area contributed by atoms with Crippen LogP contribution in [-0.2, 0) is 0 Å². The summed E-state index contributed by atoms with van der Waals surface area (Å²) in [6.07, 6.45) is 1.68. The number of hydrogen-bond donors (Lipinski definition) is 2. The van der Waals surface area contributed by atoms with Gasteiger partial charge in [0.2, 0.25) is 0 Å². The number of rotatable bonds is 9. The number of methoxy groups -OCH3 is 1. The molecule has 2 aromatic rings. The van der Waals surface area contributed by atoms with E-state index in [-0.39, 0.29) is 0 Å². The van der Waals surface area contributed by atoms with Gasteiger partial charge in [0.25, 0.3) is 0 Å². The van der Waals surface area contributed by atoms with Crippen LogP contribution in [0.5, 0.6) is 17.2 Å². The molecular weight excluding hydrogens is 350 g/mol. The van der Waals surface area contributed by atoms with Gasteiger partial charge >= 0.3 is 0 Å². The van der Waals surface area contributed by atoms with Crippen LogP contribution in [0.1, 0.15) is 12.5 Å². The third kappa shape index (κ3) is 6.60. The van der Waals surface area contributed by atoms with Gasteiger partial charge < -0.3 is 19.5 Å². The lowest BCUT2D eigenvalue weighted by molar-refractivity contribution is 0.211. The lowest BCUT2D eigenvalue weighted by Crippen LogP contribution is -2.31. The van der Waals surface area contributed by atoms with Crippen molar-refractivity contribution in [2.75, 3.05) is 26.9 Å². The zero-order valence-corrected chi connectivity index (χ0v) is 15.7. The van der Waals surface area contributed by atoms with E-state index in [1.165, 1.54) is 0 Å². The van der Waals surface area contributed by atoms with Crippen LogP contribution in [0.2, 0.25) is 0 Å². The molecule has 0 aliphatic heterocycles. The van der Waals surface area contributed by atoms with Crippen LogP contribution in [0.15, 0.2) is 53.6 Å². The molecular formula is C19H23N3O3S. The highest BCUT2D eigenvalue weighted by Gasteiger charge is 2.02. The maximum Gasteiger partial charge on any atom is 0.186 e. The average molecular weight is 373 g/mol. The first-order valence-electron chi connectivity index (χ1n) is 8.28. The number of para-hydroxylation sites is 2. The van der Waals surface area contributed by atoms with Gasteiger partial charge in [0.05, 0.1) is 13.3 Å². The highest BCUT2D eigenvalue weighted by Crippen LogP contribution is 2.25. The average Bonchev–Trinajstić information content (AvgIpc) is 2.66. The Morgan fingerprint density at radius 3 is 2.62 bits per heavy atom. The summed E-state index contributed by atoms with van der Waals surface area (Å²) >= 11 is 5.04. The van der Waals surface area contributed by atoms with Gasteiger partial charge in [0.1, 0.15) is 19.0 Å². The second-order valence-electron chi connectivity index (χ2n) is 5.15. The van der Waals surface area contributed by atoms with Crippen molar-refractivity contribution in [3.8, 4) is 17.2 Å². The zero-order valence-electron chi connectivity index (χ0n) is 14.9. The van der Waals surface area contributed by atoms with Gasteiger partial charge in [0, 0.05) is 6.54 Å². The molecule has 7 heteroatoms. The van der Waals surface area contributed by atoms with Gasteiger partial charge in [-0.3, -0.25) is 5.43 Å². The Kier molecular flexibility index (Phi) is 8.21. The van der Waals surface area contributed by atoms with Crippen molar-refractivity contribution in [2.45, 2.75) is 6.92 Å². The molecule has 138 valence electrons. The van der Waals surface area contributed by atoms with Crippen LogP contribution in [0.3, 0.4) is 0 Å². The number of thiocarbonyl (C=S) groups is 1. The Morgan fingerprint density at radius 1 is 1.08 bits per heavy atom. The summed E-state index contributed by atoms with van der Waals surface area (Å²) in [6, 6.07) is 15.1. The minimum Gasteiger partial charge on any atom is -0.493 e. The van der Waals surface area contributed by atoms with Crippen molar-refractivity contribution in [3.05, 3.63) is 54.1 Å². The molecule has 2 N–H and O–H groups in total. The monoisotopic (exact) mass is 373 g/mol. The second-order valence-corrected chi connectivity index (χ2v) is 5.56. The van der Waals surface area contributed by atoms with Crippen molar-refractivity contribution in [2.24, 2.45) is 5.10 Å². The molecule has 0 heterocycles. The Labute approximate surface area is 159 Å². The maximum absolute atomic E-state index is 5.72. The lowest BCUT2D eigenvalue weighted by atomic mass is 10.2. The highest BCUT2D eigenvalue weighted by molar-refractivity contribution is 7.80. The fourth-order valence-corrected chi connectivity index (χ4v) is 2.30. The zero-order chi connectivity index (χ0) is 18.6. The minimum absolute atomic E-state index is 0.414. The summed E-state index contributed by atoms with van der Waals surface area (Å²) in [6.45, 7) is 3.55. The summed E-state index contributed by atoms with van der Waals surface area (Å²) in [5, 5.41) is 7.53. The molecule has 0 saturated heterocycles. The molecule has 0 aliphatic rings. The number of benzene rings is 2. The van der Waals surface area contributed by atoms with E-state index in [1.54, 1.807) is 13.3 Å². The lowest BCUT2D eigenvalue weighted by Gasteiger charge is -2.11. The summed E-state index contributed by atoms with van der Waals surface area (Å²) in [5.74, 6) is 2.14. The molecule has 0 aliphatic carbocycles. The van der Waals surface area contributed by atoms with Gasteiger partial charge in [-0.15, -0.1) is 0 Å². The summed E-state index contributed by atoms with van der Waals surface area (Å²) < 4.78 is 16.7. The van der Waals surface area contributed by atoms with Crippen LogP contribution in [0, 0.1) is 0 Å². The first-order valence-corrected chi connectivity index (χ1v) is 8.69. The molecule has 6 nitrogen and oxygen atoms in total. The van der Waals surface area contributed by atoms with E-state index in [0.29, 0.717) is 29.8 Å². The molecule has 0 atom stereocenters. The largest absolute Gasteiger partial charge is 0.493 e. The third-order valence-electron chi connectivity index (χ3n) is 3.25. The van der Waals surface area contributed by atoms with Gasteiger partial charge in [-0.25, -0.2) is 0 Å². The Hall–Kier alpha value is -2.80. The van der Waals surface area contributed by atoms with E-state index >= 15 is 0 Å². The highest BCUT2D eigenvalue weighted by atomic mass is 32.1. The van der Waals surface area contributed by atoms with E-state index in [4.69, 9.17) is 26.4 Å².